The van der Waals surface area contributed by atoms with Crippen LogP contribution in [0.25, 0.3) is 11.5 Å². The Kier molecular flexibility index (Phi) is 4.78. The number of amides is 2. The quantitative estimate of drug-likeness (QED) is 0.816. The second-order valence-electron chi connectivity index (χ2n) is 8.90. The molecule has 29 heavy (non-hydrogen) atoms. The third-order valence-electron chi connectivity index (χ3n) is 6.79. The summed E-state index contributed by atoms with van der Waals surface area (Å²) in [7, 11) is 2.23. The summed E-state index contributed by atoms with van der Waals surface area (Å²) < 4.78 is 5.53. The molecule has 154 valence electrons. The van der Waals surface area contributed by atoms with Crippen LogP contribution in [0, 0.1) is 6.92 Å². The van der Waals surface area contributed by atoms with Crippen LogP contribution in [0.5, 0.6) is 0 Å². The lowest BCUT2D eigenvalue weighted by Gasteiger charge is -2.47. The van der Waals surface area contributed by atoms with E-state index in [1.165, 1.54) is 19.3 Å². The van der Waals surface area contributed by atoms with E-state index in [1.807, 2.05) is 25.1 Å². The molecule has 3 heterocycles. The standard InChI is InChI=1S/C22H29N5O2/c1-13-5-3-8-18(19(13)21-25-20(26-29-21)14-9-10-14)24-22(28)23-15-11-16-6-4-7-17(12-15)27(16)2/h3,5,8,14-17H,4,6-7,9-12H2,1-2H3,(H2,23,24,28). The first kappa shape index (κ1) is 18.6. The molecule has 2 atom stereocenters. The molecular formula is C22H29N5O2. The fraction of sp³-hybridized carbons (Fsp3) is 0.591. The van der Waals surface area contributed by atoms with E-state index in [9.17, 15) is 4.79 Å². The van der Waals surface area contributed by atoms with Crippen LogP contribution in [0.1, 0.15) is 62.3 Å². The lowest BCUT2D eigenvalue weighted by Crippen LogP contribution is -2.55. The number of benzene rings is 1. The number of anilines is 1. The predicted molar refractivity (Wildman–Crippen MR) is 111 cm³/mol. The minimum atomic E-state index is -0.161. The lowest BCUT2D eigenvalue weighted by atomic mass is 9.82. The Morgan fingerprint density at radius 2 is 1.93 bits per heavy atom. The second-order valence-corrected chi connectivity index (χ2v) is 8.90. The van der Waals surface area contributed by atoms with E-state index in [0.29, 0.717) is 29.6 Å². The summed E-state index contributed by atoms with van der Waals surface area (Å²) in [5, 5.41) is 10.4. The molecule has 5 rings (SSSR count). The molecule has 2 unspecified atom stereocenters. The lowest BCUT2D eigenvalue weighted by molar-refractivity contribution is 0.0513. The molecule has 2 bridgehead atoms. The van der Waals surface area contributed by atoms with Crippen LogP contribution in [0.3, 0.4) is 0 Å². The number of urea groups is 1. The summed E-state index contributed by atoms with van der Waals surface area (Å²) in [6, 6.07) is 7.06. The highest BCUT2D eigenvalue weighted by atomic mass is 16.5. The van der Waals surface area contributed by atoms with Gasteiger partial charge in [-0.05, 0) is 64.1 Å². The molecule has 1 aliphatic carbocycles. The van der Waals surface area contributed by atoms with Gasteiger partial charge in [0.15, 0.2) is 5.82 Å². The zero-order chi connectivity index (χ0) is 20.0. The highest BCUT2D eigenvalue weighted by Crippen LogP contribution is 2.40. The molecule has 7 heteroatoms. The zero-order valence-electron chi connectivity index (χ0n) is 17.1. The predicted octanol–water partition coefficient (Wildman–Crippen LogP) is 4.06. The van der Waals surface area contributed by atoms with Gasteiger partial charge in [-0.2, -0.15) is 4.98 Å². The van der Waals surface area contributed by atoms with Crippen LogP contribution in [0.15, 0.2) is 22.7 Å². The Morgan fingerprint density at radius 1 is 1.17 bits per heavy atom. The zero-order valence-corrected chi connectivity index (χ0v) is 17.1. The van der Waals surface area contributed by atoms with Gasteiger partial charge in [0.2, 0.25) is 0 Å². The van der Waals surface area contributed by atoms with Gasteiger partial charge >= 0.3 is 6.03 Å². The molecule has 2 aromatic rings. The van der Waals surface area contributed by atoms with Gasteiger partial charge in [-0.1, -0.05) is 23.7 Å². The molecule has 0 radical (unpaired) electrons. The van der Waals surface area contributed by atoms with Crippen LogP contribution < -0.4 is 10.6 Å². The molecule has 1 aromatic carbocycles. The molecule has 2 N–H and O–H groups in total. The number of piperidine rings is 2. The first-order chi connectivity index (χ1) is 14.1. The van der Waals surface area contributed by atoms with Crippen LogP contribution >= 0.6 is 0 Å². The van der Waals surface area contributed by atoms with E-state index in [1.54, 1.807) is 0 Å². The number of hydrogen-bond donors (Lipinski definition) is 2. The molecule has 3 aliphatic rings. The molecule has 2 saturated heterocycles. The maximum absolute atomic E-state index is 12.8. The van der Waals surface area contributed by atoms with Crippen LogP contribution in [-0.4, -0.2) is 46.2 Å². The Labute approximate surface area is 171 Å². The number of carbonyl (C=O) groups excluding carboxylic acids is 1. The number of fused-ring (bicyclic) bond motifs is 2. The third kappa shape index (κ3) is 3.75. The van der Waals surface area contributed by atoms with Crippen molar-refractivity contribution < 1.29 is 9.32 Å². The summed E-state index contributed by atoms with van der Waals surface area (Å²) in [4.78, 5) is 19.9. The van der Waals surface area contributed by atoms with Crippen LogP contribution in [0.2, 0.25) is 0 Å². The number of carbonyl (C=O) groups is 1. The first-order valence-corrected chi connectivity index (χ1v) is 10.8. The summed E-state index contributed by atoms with van der Waals surface area (Å²) in [5.74, 6) is 1.69. The monoisotopic (exact) mass is 395 g/mol. The average molecular weight is 396 g/mol. The largest absolute Gasteiger partial charge is 0.335 e. The second kappa shape index (κ2) is 7.44. The van der Waals surface area contributed by atoms with Crippen molar-refractivity contribution in [3.63, 3.8) is 0 Å². The highest BCUT2D eigenvalue weighted by molar-refractivity contribution is 5.94. The molecule has 1 aromatic heterocycles. The van der Waals surface area contributed by atoms with Crippen molar-refractivity contribution in [2.75, 3.05) is 12.4 Å². The SMILES string of the molecule is Cc1cccc(NC(=O)NC2CC3CCCC(C2)N3C)c1-c1nc(C2CC2)no1. The van der Waals surface area contributed by atoms with Crippen LogP contribution in [-0.2, 0) is 0 Å². The van der Waals surface area contributed by atoms with E-state index in [2.05, 4.69) is 32.7 Å². The Bertz CT molecular complexity index is 892. The summed E-state index contributed by atoms with van der Waals surface area (Å²) in [5.41, 5.74) is 2.52. The molecule has 1 saturated carbocycles. The van der Waals surface area contributed by atoms with Crippen molar-refractivity contribution in [2.24, 2.45) is 0 Å². The first-order valence-electron chi connectivity index (χ1n) is 10.8. The smallest absolute Gasteiger partial charge is 0.319 e. The Morgan fingerprint density at radius 3 is 2.66 bits per heavy atom. The minimum Gasteiger partial charge on any atom is -0.335 e. The van der Waals surface area contributed by atoms with Crippen molar-refractivity contribution in [2.45, 2.75) is 75.9 Å². The van der Waals surface area contributed by atoms with Crippen molar-refractivity contribution in [1.82, 2.24) is 20.4 Å². The van der Waals surface area contributed by atoms with Gasteiger partial charge < -0.3 is 20.1 Å². The number of aryl methyl sites for hydroxylation is 1. The van der Waals surface area contributed by atoms with E-state index < -0.39 is 0 Å². The fourth-order valence-electron chi connectivity index (χ4n) is 4.98. The van der Waals surface area contributed by atoms with Gasteiger partial charge in [0, 0.05) is 24.0 Å². The minimum absolute atomic E-state index is 0.161. The van der Waals surface area contributed by atoms with Gasteiger partial charge in [-0.3, -0.25) is 0 Å². The van der Waals surface area contributed by atoms with Gasteiger partial charge in [0.25, 0.3) is 5.89 Å². The highest BCUT2D eigenvalue weighted by Gasteiger charge is 2.36. The third-order valence-corrected chi connectivity index (χ3v) is 6.79. The number of aromatic nitrogens is 2. The summed E-state index contributed by atoms with van der Waals surface area (Å²) in [6.07, 6.45) is 8.06. The molecule has 3 fully saturated rings. The topological polar surface area (TPSA) is 83.3 Å². The van der Waals surface area contributed by atoms with Gasteiger partial charge in [0.1, 0.15) is 0 Å². The molecule has 0 spiro atoms. The summed E-state index contributed by atoms with van der Waals surface area (Å²) in [6.45, 7) is 2.00. The number of rotatable bonds is 4. The molecule has 7 nitrogen and oxygen atoms in total. The number of hydrogen-bond acceptors (Lipinski definition) is 5. The van der Waals surface area contributed by atoms with E-state index in [-0.39, 0.29) is 12.1 Å². The van der Waals surface area contributed by atoms with Gasteiger partial charge in [-0.15, -0.1) is 0 Å². The molecule has 2 amide bonds. The number of nitrogens with zero attached hydrogens (tertiary/aromatic N) is 3. The normalized spacial score (nSPS) is 26.9. The van der Waals surface area contributed by atoms with E-state index >= 15 is 0 Å². The maximum atomic E-state index is 12.8. The van der Waals surface area contributed by atoms with Gasteiger partial charge in [0.05, 0.1) is 11.3 Å². The van der Waals surface area contributed by atoms with E-state index in [4.69, 9.17) is 4.52 Å². The van der Waals surface area contributed by atoms with E-state index in [0.717, 1.165) is 42.6 Å². The molecule has 2 aliphatic heterocycles. The van der Waals surface area contributed by atoms with Crippen LogP contribution in [0.4, 0.5) is 10.5 Å². The van der Waals surface area contributed by atoms with Gasteiger partial charge in [-0.25, -0.2) is 4.79 Å². The number of nitrogens with one attached hydrogen (secondary N) is 2. The molecular weight excluding hydrogens is 366 g/mol. The maximum Gasteiger partial charge on any atom is 0.319 e. The van der Waals surface area contributed by atoms with Crippen molar-refractivity contribution in [3.05, 3.63) is 29.6 Å². The summed E-state index contributed by atoms with van der Waals surface area (Å²) >= 11 is 0. The average Bonchev–Trinajstić information content (AvgIpc) is 3.41. The van der Waals surface area contributed by atoms with Crippen molar-refractivity contribution >= 4 is 11.7 Å². The Hall–Kier alpha value is -2.41. The Balaban J connectivity index is 1.30. The van der Waals surface area contributed by atoms with Crippen molar-refractivity contribution in [1.29, 1.82) is 0 Å². The fourth-order valence-corrected chi connectivity index (χ4v) is 4.98. The van der Waals surface area contributed by atoms with Crippen molar-refractivity contribution in [3.8, 4) is 11.5 Å².